The maximum absolute atomic E-state index is 13.7. The zero-order valence-corrected chi connectivity index (χ0v) is 19.1. The van der Waals surface area contributed by atoms with Crippen molar-refractivity contribution in [1.29, 1.82) is 0 Å². The number of hydrogen-bond donors (Lipinski definition) is 3. The molecular weight excluding hydrogens is 515 g/mol. The Bertz CT molecular complexity index is 1100. The molecule has 2 saturated heterocycles. The average Bonchev–Trinajstić information content (AvgIpc) is 3.34. The SMILES string of the molecule is CO[C@@]12C(COC(N)=O)C3=C(C(=O)C(C)=C(Nc4cccc(I)c4)C3=O)N1CC1NC12. The fourth-order valence-corrected chi connectivity index (χ4v) is 5.69. The van der Waals surface area contributed by atoms with Gasteiger partial charge in [0.25, 0.3) is 0 Å². The van der Waals surface area contributed by atoms with E-state index in [1.807, 2.05) is 29.2 Å². The number of fused-ring (bicyclic) bond motifs is 4. The Balaban J connectivity index is 1.57. The second-order valence-corrected chi connectivity index (χ2v) is 9.30. The first-order valence-electron chi connectivity index (χ1n) is 9.87. The first-order chi connectivity index (χ1) is 14.8. The molecule has 5 rings (SSSR count). The molecule has 31 heavy (non-hydrogen) atoms. The van der Waals surface area contributed by atoms with Crippen molar-refractivity contribution in [3.05, 3.63) is 50.4 Å². The lowest BCUT2D eigenvalue weighted by Crippen LogP contribution is -2.55. The monoisotopic (exact) mass is 536 g/mol. The predicted octanol–water partition coefficient (Wildman–Crippen LogP) is 1.11. The molecule has 0 saturated carbocycles. The molecule has 0 spiro atoms. The van der Waals surface area contributed by atoms with E-state index in [0.29, 0.717) is 29.1 Å². The van der Waals surface area contributed by atoms with Crippen LogP contribution in [0, 0.1) is 9.49 Å². The van der Waals surface area contributed by atoms with Crippen molar-refractivity contribution in [3.8, 4) is 0 Å². The summed E-state index contributed by atoms with van der Waals surface area (Å²) >= 11 is 2.18. The van der Waals surface area contributed by atoms with Crippen LogP contribution in [0.5, 0.6) is 0 Å². The minimum Gasteiger partial charge on any atom is -0.449 e. The fraction of sp³-hybridized carbons (Fsp3) is 0.381. The largest absolute Gasteiger partial charge is 0.449 e. The van der Waals surface area contributed by atoms with Crippen LogP contribution in [0.4, 0.5) is 10.5 Å². The van der Waals surface area contributed by atoms with Crippen LogP contribution in [0.2, 0.25) is 0 Å². The molecule has 4 atom stereocenters. The second kappa shape index (κ2) is 7.04. The summed E-state index contributed by atoms with van der Waals surface area (Å²) in [6.07, 6.45) is -0.941. The minimum atomic E-state index is -0.978. The Kier molecular flexibility index (Phi) is 4.65. The summed E-state index contributed by atoms with van der Waals surface area (Å²) in [7, 11) is 1.55. The summed E-state index contributed by atoms with van der Waals surface area (Å²) in [6.45, 7) is 2.03. The summed E-state index contributed by atoms with van der Waals surface area (Å²) in [4.78, 5) is 40.4. The molecule has 2 fully saturated rings. The number of amides is 1. The van der Waals surface area contributed by atoms with E-state index in [1.54, 1.807) is 14.0 Å². The molecule has 9 nitrogen and oxygen atoms in total. The van der Waals surface area contributed by atoms with Gasteiger partial charge in [-0.25, -0.2) is 4.79 Å². The van der Waals surface area contributed by atoms with Gasteiger partial charge in [-0.15, -0.1) is 0 Å². The molecule has 3 heterocycles. The van der Waals surface area contributed by atoms with Crippen molar-refractivity contribution in [2.45, 2.75) is 24.7 Å². The molecular formula is C21H21IN4O5. The third-order valence-corrected chi connectivity index (χ3v) is 7.19. The number of nitrogens with zero attached hydrogens (tertiary/aromatic N) is 1. The van der Waals surface area contributed by atoms with Crippen LogP contribution in [0.1, 0.15) is 6.92 Å². The van der Waals surface area contributed by atoms with E-state index >= 15 is 0 Å². The van der Waals surface area contributed by atoms with Crippen LogP contribution in [0.25, 0.3) is 0 Å². The number of ketones is 2. The predicted molar refractivity (Wildman–Crippen MR) is 119 cm³/mol. The summed E-state index contributed by atoms with van der Waals surface area (Å²) in [6, 6.07) is 7.61. The highest BCUT2D eigenvalue weighted by Crippen LogP contribution is 2.55. The van der Waals surface area contributed by atoms with Crippen molar-refractivity contribution in [2.24, 2.45) is 11.7 Å². The number of rotatable bonds is 5. The molecule has 1 aliphatic carbocycles. The third kappa shape index (κ3) is 2.84. The first kappa shape index (κ1) is 20.5. The lowest BCUT2D eigenvalue weighted by Gasteiger charge is -2.39. The number of anilines is 1. The fourth-order valence-electron chi connectivity index (χ4n) is 5.15. The molecule has 1 aromatic carbocycles. The van der Waals surface area contributed by atoms with E-state index in [-0.39, 0.29) is 36.0 Å². The van der Waals surface area contributed by atoms with E-state index in [1.165, 1.54) is 0 Å². The highest BCUT2D eigenvalue weighted by atomic mass is 127. The van der Waals surface area contributed by atoms with Crippen LogP contribution < -0.4 is 16.4 Å². The number of methoxy groups -OCH3 is 1. The van der Waals surface area contributed by atoms with E-state index < -0.39 is 17.7 Å². The lowest BCUT2D eigenvalue weighted by atomic mass is 9.82. The summed E-state index contributed by atoms with van der Waals surface area (Å²) in [5, 5.41) is 6.47. The van der Waals surface area contributed by atoms with Crippen LogP contribution in [0.3, 0.4) is 0 Å². The molecule has 0 radical (unpaired) electrons. The third-order valence-electron chi connectivity index (χ3n) is 6.52. The highest BCUT2D eigenvalue weighted by Gasteiger charge is 2.72. The van der Waals surface area contributed by atoms with Gasteiger partial charge in [-0.05, 0) is 47.7 Å². The molecule has 3 aliphatic heterocycles. The molecule has 3 unspecified atom stereocenters. The number of halogens is 1. The molecule has 162 valence electrons. The molecule has 4 N–H and O–H groups in total. The van der Waals surface area contributed by atoms with Gasteiger partial charge in [0, 0.05) is 40.1 Å². The minimum absolute atomic E-state index is 0.0717. The maximum atomic E-state index is 13.7. The number of carbonyl (C=O) groups excluding carboxylic acids is 3. The zero-order chi connectivity index (χ0) is 22.1. The van der Waals surface area contributed by atoms with Gasteiger partial charge in [-0.2, -0.15) is 0 Å². The van der Waals surface area contributed by atoms with Crippen LogP contribution in [-0.2, 0) is 19.1 Å². The number of carbonyl (C=O) groups is 3. The Hall–Kier alpha value is -2.44. The van der Waals surface area contributed by atoms with Crippen molar-refractivity contribution in [1.82, 2.24) is 10.2 Å². The summed E-state index contributed by atoms with van der Waals surface area (Å²) in [5.74, 6) is -1.18. The number of hydrogen-bond acceptors (Lipinski definition) is 8. The van der Waals surface area contributed by atoms with Gasteiger partial charge in [-0.1, -0.05) is 6.07 Å². The van der Waals surface area contributed by atoms with Crippen LogP contribution >= 0.6 is 22.6 Å². The number of allylic oxidation sites excluding steroid dienone is 2. The van der Waals surface area contributed by atoms with Gasteiger partial charge in [0.2, 0.25) is 11.6 Å². The van der Waals surface area contributed by atoms with Gasteiger partial charge < -0.3 is 30.7 Å². The van der Waals surface area contributed by atoms with Crippen molar-refractivity contribution < 1.29 is 23.9 Å². The van der Waals surface area contributed by atoms with Crippen LogP contribution in [0.15, 0.2) is 46.8 Å². The van der Waals surface area contributed by atoms with E-state index in [4.69, 9.17) is 15.2 Å². The maximum Gasteiger partial charge on any atom is 0.404 e. The van der Waals surface area contributed by atoms with Gasteiger partial charge in [-0.3, -0.25) is 9.59 Å². The topological polar surface area (TPSA) is 133 Å². The molecule has 0 bridgehead atoms. The smallest absolute Gasteiger partial charge is 0.404 e. The lowest BCUT2D eigenvalue weighted by molar-refractivity contribution is -0.137. The number of piperazine rings is 1. The normalized spacial score (nSPS) is 30.9. The number of Topliss-reactive ketones (excluding diaryl/α,β-unsaturated/α-hetero) is 2. The van der Waals surface area contributed by atoms with Gasteiger partial charge in [0.1, 0.15) is 6.61 Å². The number of benzene rings is 1. The number of nitrogens with one attached hydrogen (secondary N) is 2. The van der Waals surface area contributed by atoms with E-state index in [9.17, 15) is 14.4 Å². The van der Waals surface area contributed by atoms with Crippen molar-refractivity contribution in [2.75, 3.05) is 25.6 Å². The number of nitrogens with two attached hydrogens (primary N) is 1. The Morgan fingerprint density at radius 3 is 2.84 bits per heavy atom. The number of ether oxygens (including phenoxy) is 2. The molecule has 4 aliphatic rings. The Morgan fingerprint density at radius 2 is 2.16 bits per heavy atom. The Labute approximate surface area is 192 Å². The second-order valence-electron chi connectivity index (χ2n) is 8.06. The Morgan fingerprint density at radius 1 is 1.39 bits per heavy atom. The van der Waals surface area contributed by atoms with E-state index in [0.717, 1.165) is 3.57 Å². The van der Waals surface area contributed by atoms with Crippen LogP contribution in [-0.4, -0.2) is 60.6 Å². The number of primary amides is 1. The summed E-state index contributed by atoms with van der Waals surface area (Å²) in [5.41, 5.74) is 6.15. The summed E-state index contributed by atoms with van der Waals surface area (Å²) < 4.78 is 12.1. The van der Waals surface area contributed by atoms with Crippen molar-refractivity contribution in [3.63, 3.8) is 0 Å². The molecule has 1 aromatic rings. The van der Waals surface area contributed by atoms with E-state index in [2.05, 4.69) is 33.2 Å². The standard InChI is InChI=1S/C21H21IN4O5/c1-9-15(24-11-5-3-4-10(22)6-11)18(28)14-12(8-31-20(23)29)21(30-2)19-13(25-19)7-26(21)16(14)17(9)27/h3-6,12-13,19,24-25H,7-8H2,1-2H3,(H2,23,29)/t12?,13?,19?,21-/m1/s1. The molecule has 1 amide bonds. The molecule has 10 heteroatoms. The van der Waals surface area contributed by atoms with Crippen molar-refractivity contribution >= 4 is 45.9 Å². The van der Waals surface area contributed by atoms with Gasteiger partial charge in [0.05, 0.1) is 23.4 Å². The zero-order valence-electron chi connectivity index (χ0n) is 16.9. The quantitative estimate of drug-likeness (QED) is 0.290. The molecule has 0 aromatic heterocycles. The first-order valence-corrected chi connectivity index (χ1v) is 11.0. The average molecular weight is 536 g/mol. The highest BCUT2D eigenvalue weighted by molar-refractivity contribution is 14.1. The van der Waals surface area contributed by atoms with Gasteiger partial charge in [0.15, 0.2) is 5.72 Å². The van der Waals surface area contributed by atoms with Gasteiger partial charge >= 0.3 is 6.09 Å².